The van der Waals surface area contributed by atoms with Crippen molar-refractivity contribution in [1.82, 2.24) is 5.32 Å². The summed E-state index contributed by atoms with van der Waals surface area (Å²) in [5.74, 6) is -1.76. The minimum atomic E-state index is -0.702. The highest BCUT2D eigenvalue weighted by atomic mass is 19.1. The van der Waals surface area contributed by atoms with Crippen LogP contribution in [0, 0.1) is 11.6 Å². The Labute approximate surface area is 131 Å². The monoisotopic (exact) mass is 316 g/mol. The van der Waals surface area contributed by atoms with Gasteiger partial charge in [0.15, 0.2) is 0 Å². The third-order valence-corrected chi connectivity index (χ3v) is 3.87. The number of hydrogen-bond donors (Lipinski definition) is 1. The quantitative estimate of drug-likeness (QED) is 0.945. The molecule has 0 saturated carbocycles. The van der Waals surface area contributed by atoms with E-state index in [1.54, 1.807) is 30.1 Å². The first-order valence-electron chi connectivity index (χ1n) is 7.07. The molecule has 2 aromatic carbocycles. The molecule has 2 amide bonds. The Hall–Kier alpha value is -2.76. The van der Waals surface area contributed by atoms with Crippen molar-refractivity contribution < 1.29 is 18.4 Å². The first-order chi connectivity index (χ1) is 11.0. The van der Waals surface area contributed by atoms with Gasteiger partial charge in [-0.3, -0.25) is 9.59 Å². The lowest BCUT2D eigenvalue weighted by Gasteiger charge is -2.11. The molecule has 23 heavy (non-hydrogen) atoms. The number of benzene rings is 2. The summed E-state index contributed by atoms with van der Waals surface area (Å²) in [6.45, 7) is -0.0408. The molecule has 2 aromatic rings. The molecular formula is C17H14F2N2O2. The zero-order valence-electron chi connectivity index (χ0n) is 12.4. The maximum absolute atomic E-state index is 13.5. The number of fused-ring (bicyclic) bond motifs is 1. The highest BCUT2D eigenvalue weighted by molar-refractivity contribution is 6.03. The normalized spacial score (nSPS) is 13.2. The van der Waals surface area contributed by atoms with Crippen molar-refractivity contribution in [2.24, 2.45) is 0 Å². The number of anilines is 1. The van der Waals surface area contributed by atoms with E-state index in [1.807, 2.05) is 0 Å². The summed E-state index contributed by atoms with van der Waals surface area (Å²) in [6, 6.07) is 8.20. The van der Waals surface area contributed by atoms with Crippen LogP contribution < -0.4 is 10.2 Å². The summed E-state index contributed by atoms with van der Waals surface area (Å²) in [7, 11) is 1.69. The van der Waals surface area contributed by atoms with E-state index in [0.29, 0.717) is 5.56 Å². The molecule has 3 rings (SSSR count). The zero-order valence-corrected chi connectivity index (χ0v) is 12.4. The number of halogens is 2. The first kappa shape index (κ1) is 15.1. The lowest BCUT2D eigenvalue weighted by molar-refractivity contribution is -0.117. The Kier molecular flexibility index (Phi) is 3.82. The van der Waals surface area contributed by atoms with E-state index in [4.69, 9.17) is 0 Å². The average molecular weight is 316 g/mol. The SMILES string of the molecule is CN1C(=O)Cc2cc(C(=O)NCc3ccc(F)cc3F)ccc21. The minimum absolute atomic E-state index is 0.0223. The molecule has 0 aromatic heterocycles. The van der Waals surface area contributed by atoms with Crippen LogP contribution >= 0.6 is 0 Å². The van der Waals surface area contributed by atoms with Gasteiger partial charge in [-0.2, -0.15) is 0 Å². The molecule has 0 unspecified atom stereocenters. The van der Waals surface area contributed by atoms with E-state index in [-0.39, 0.29) is 30.3 Å². The number of rotatable bonds is 3. The smallest absolute Gasteiger partial charge is 0.251 e. The highest BCUT2D eigenvalue weighted by Crippen LogP contribution is 2.28. The number of carbonyl (C=O) groups excluding carboxylic acids is 2. The van der Waals surface area contributed by atoms with Crippen LogP contribution in [0.4, 0.5) is 14.5 Å². The van der Waals surface area contributed by atoms with E-state index < -0.39 is 11.6 Å². The molecule has 0 aliphatic carbocycles. The van der Waals surface area contributed by atoms with Crippen molar-refractivity contribution in [2.75, 3.05) is 11.9 Å². The molecule has 0 atom stereocenters. The summed E-state index contributed by atoms with van der Waals surface area (Å²) < 4.78 is 26.4. The number of nitrogens with zero attached hydrogens (tertiary/aromatic N) is 1. The van der Waals surface area contributed by atoms with Gasteiger partial charge in [0, 0.05) is 36.5 Å². The van der Waals surface area contributed by atoms with E-state index in [0.717, 1.165) is 23.4 Å². The fraction of sp³-hybridized carbons (Fsp3) is 0.176. The van der Waals surface area contributed by atoms with E-state index >= 15 is 0 Å². The largest absolute Gasteiger partial charge is 0.348 e. The van der Waals surface area contributed by atoms with Gasteiger partial charge in [0.1, 0.15) is 11.6 Å². The van der Waals surface area contributed by atoms with Crippen molar-refractivity contribution >= 4 is 17.5 Å². The van der Waals surface area contributed by atoms with Gasteiger partial charge in [0.25, 0.3) is 5.91 Å². The number of likely N-dealkylation sites (N-methyl/N-ethyl adjacent to an activating group) is 1. The standard InChI is InChI=1S/C17H14F2N2O2/c1-21-15-5-3-10(6-12(15)7-16(21)22)17(23)20-9-11-2-4-13(18)8-14(11)19/h2-6,8H,7,9H2,1H3,(H,20,23). The molecule has 1 heterocycles. The van der Waals surface area contributed by atoms with Crippen molar-refractivity contribution in [3.05, 3.63) is 64.7 Å². The summed E-state index contributed by atoms with van der Waals surface area (Å²) in [5, 5.41) is 2.59. The van der Waals surface area contributed by atoms with Crippen LogP contribution in [-0.2, 0) is 17.8 Å². The fourth-order valence-corrected chi connectivity index (χ4v) is 2.55. The molecule has 0 saturated heterocycles. The van der Waals surface area contributed by atoms with E-state index in [2.05, 4.69) is 5.32 Å². The predicted molar refractivity (Wildman–Crippen MR) is 81.1 cm³/mol. The summed E-state index contributed by atoms with van der Waals surface area (Å²) in [4.78, 5) is 25.3. The summed E-state index contributed by atoms with van der Waals surface area (Å²) >= 11 is 0. The van der Waals surface area contributed by atoms with Crippen LogP contribution in [0.1, 0.15) is 21.5 Å². The van der Waals surface area contributed by atoms with Crippen LogP contribution in [0.25, 0.3) is 0 Å². The molecule has 0 spiro atoms. The van der Waals surface area contributed by atoms with Crippen LogP contribution in [0.15, 0.2) is 36.4 Å². The van der Waals surface area contributed by atoms with Crippen LogP contribution in [0.2, 0.25) is 0 Å². The second-order valence-electron chi connectivity index (χ2n) is 5.39. The zero-order chi connectivity index (χ0) is 16.6. The van der Waals surface area contributed by atoms with Gasteiger partial charge >= 0.3 is 0 Å². The Morgan fingerprint density at radius 3 is 2.74 bits per heavy atom. The molecule has 1 N–H and O–H groups in total. The minimum Gasteiger partial charge on any atom is -0.348 e. The second kappa shape index (κ2) is 5.79. The Morgan fingerprint density at radius 2 is 2.00 bits per heavy atom. The molecule has 4 nitrogen and oxygen atoms in total. The molecule has 0 bridgehead atoms. The lowest BCUT2D eigenvalue weighted by atomic mass is 10.1. The van der Waals surface area contributed by atoms with Crippen LogP contribution in [-0.4, -0.2) is 18.9 Å². The number of nitrogens with one attached hydrogen (secondary N) is 1. The Morgan fingerprint density at radius 1 is 1.22 bits per heavy atom. The third kappa shape index (κ3) is 2.92. The maximum Gasteiger partial charge on any atom is 0.251 e. The molecule has 0 radical (unpaired) electrons. The van der Waals surface area contributed by atoms with Crippen LogP contribution in [0.5, 0.6) is 0 Å². The van der Waals surface area contributed by atoms with Gasteiger partial charge < -0.3 is 10.2 Å². The van der Waals surface area contributed by atoms with Crippen molar-refractivity contribution in [3.63, 3.8) is 0 Å². The molecule has 1 aliphatic heterocycles. The van der Waals surface area contributed by atoms with Crippen molar-refractivity contribution in [1.29, 1.82) is 0 Å². The fourth-order valence-electron chi connectivity index (χ4n) is 2.55. The van der Waals surface area contributed by atoms with E-state index in [1.165, 1.54) is 6.07 Å². The van der Waals surface area contributed by atoms with Gasteiger partial charge in [0.05, 0.1) is 6.42 Å². The third-order valence-electron chi connectivity index (χ3n) is 3.87. The maximum atomic E-state index is 13.5. The highest BCUT2D eigenvalue weighted by Gasteiger charge is 2.24. The Balaban J connectivity index is 1.72. The molecule has 118 valence electrons. The molecule has 1 aliphatic rings. The van der Waals surface area contributed by atoms with Crippen molar-refractivity contribution in [3.8, 4) is 0 Å². The number of hydrogen-bond acceptors (Lipinski definition) is 2. The van der Waals surface area contributed by atoms with Gasteiger partial charge in [-0.1, -0.05) is 6.07 Å². The average Bonchev–Trinajstić information content (AvgIpc) is 2.80. The molecule has 6 heteroatoms. The Bertz CT molecular complexity index is 805. The van der Waals surface area contributed by atoms with Gasteiger partial charge in [-0.05, 0) is 29.8 Å². The van der Waals surface area contributed by atoms with Crippen molar-refractivity contribution in [2.45, 2.75) is 13.0 Å². The first-order valence-corrected chi connectivity index (χ1v) is 7.07. The number of amides is 2. The molecule has 0 fully saturated rings. The topological polar surface area (TPSA) is 49.4 Å². The predicted octanol–water partition coefficient (Wildman–Crippen LogP) is 2.41. The molecular weight excluding hydrogens is 302 g/mol. The van der Waals surface area contributed by atoms with Gasteiger partial charge in [-0.25, -0.2) is 8.78 Å². The second-order valence-corrected chi connectivity index (χ2v) is 5.39. The van der Waals surface area contributed by atoms with E-state index in [9.17, 15) is 18.4 Å². The summed E-state index contributed by atoms with van der Waals surface area (Å²) in [6.07, 6.45) is 0.263. The van der Waals surface area contributed by atoms with Gasteiger partial charge in [-0.15, -0.1) is 0 Å². The summed E-state index contributed by atoms with van der Waals surface area (Å²) in [5.41, 5.74) is 2.18. The van der Waals surface area contributed by atoms with Crippen LogP contribution in [0.3, 0.4) is 0 Å². The number of carbonyl (C=O) groups is 2. The lowest BCUT2D eigenvalue weighted by Crippen LogP contribution is -2.23. The van der Waals surface area contributed by atoms with Gasteiger partial charge in [0.2, 0.25) is 5.91 Å².